The van der Waals surface area contributed by atoms with E-state index in [9.17, 15) is 18.0 Å². The third-order valence-electron chi connectivity index (χ3n) is 3.76. The zero-order chi connectivity index (χ0) is 15.7. The van der Waals surface area contributed by atoms with Crippen molar-refractivity contribution >= 4 is 11.6 Å². The van der Waals surface area contributed by atoms with Crippen molar-refractivity contribution in [3.05, 3.63) is 29.3 Å². The van der Waals surface area contributed by atoms with Gasteiger partial charge in [-0.2, -0.15) is 13.2 Å². The predicted molar refractivity (Wildman–Crippen MR) is 73.4 cm³/mol. The Morgan fingerprint density at radius 1 is 1.24 bits per heavy atom. The van der Waals surface area contributed by atoms with Crippen LogP contribution in [0.3, 0.4) is 0 Å². The second-order valence-corrected chi connectivity index (χ2v) is 5.44. The van der Waals surface area contributed by atoms with Crippen molar-refractivity contribution in [1.29, 1.82) is 0 Å². The molecule has 1 saturated carbocycles. The number of rotatable bonds is 3. The van der Waals surface area contributed by atoms with Crippen LogP contribution in [0.25, 0.3) is 0 Å². The minimum atomic E-state index is -4.49. The molecule has 2 rings (SSSR count). The van der Waals surface area contributed by atoms with Gasteiger partial charge in [0.2, 0.25) is 5.91 Å². The third kappa shape index (κ3) is 3.54. The van der Waals surface area contributed by atoms with E-state index < -0.39 is 23.2 Å². The predicted octanol–water partition coefficient (Wildman–Crippen LogP) is 2.37. The fourth-order valence-corrected chi connectivity index (χ4v) is 2.53. The average Bonchev–Trinajstić information content (AvgIpc) is 2.85. The fraction of sp³-hybridized carbons (Fsp3) is 0.500. The molecule has 0 spiro atoms. The van der Waals surface area contributed by atoms with Gasteiger partial charge in [0.05, 0.1) is 11.1 Å². The van der Waals surface area contributed by atoms with E-state index in [-0.39, 0.29) is 12.2 Å². The molecule has 4 nitrogen and oxygen atoms in total. The van der Waals surface area contributed by atoms with Crippen molar-refractivity contribution < 1.29 is 18.0 Å². The number of anilines is 1. The van der Waals surface area contributed by atoms with Crippen LogP contribution in [0.5, 0.6) is 0 Å². The highest BCUT2D eigenvalue weighted by molar-refractivity contribution is 5.98. The van der Waals surface area contributed by atoms with Crippen molar-refractivity contribution in [1.82, 2.24) is 0 Å². The summed E-state index contributed by atoms with van der Waals surface area (Å²) < 4.78 is 38.5. The van der Waals surface area contributed by atoms with Gasteiger partial charge in [-0.05, 0) is 36.6 Å². The largest absolute Gasteiger partial charge is 0.416 e. The molecule has 5 N–H and O–H groups in total. The Kier molecular flexibility index (Phi) is 4.25. The highest BCUT2D eigenvalue weighted by Crippen LogP contribution is 2.33. The van der Waals surface area contributed by atoms with Gasteiger partial charge in [0.15, 0.2) is 0 Å². The molecule has 0 aromatic heterocycles. The molecule has 1 aliphatic rings. The van der Waals surface area contributed by atoms with E-state index in [1.54, 1.807) is 0 Å². The maximum atomic E-state index is 12.8. The first-order valence-corrected chi connectivity index (χ1v) is 6.76. The van der Waals surface area contributed by atoms with E-state index in [2.05, 4.69) is 5.32 Å². The molecule has 1 aliphatic carbocycles. The topological polar surface area (TPSA) is 81.1 Å². The molecule has 0 heterocycles. The molecule has 116 valence electrons. The molecule has 0 saturated heterocycles. The number of hydrogen-bond donors (Lipinski definition) is 3. The van der Waals surface area contributed by atoms with Gasteiger partial charge in [-0.25, -0.2) is 0 Å². The van der Waals surface area contributed by atoms with Crippen molar-refractivity contribution in [3.63, 3.8) is 0 Å². The number of hydrogen-bond acceptors (Lipinski definition) is 3. The lowest BCUT2D eigenvalue weighted by atomic mass is 9.97. The Bertz CT molecular complexity index is 537. The van der Waals surface area contributed by atoms with Crippen LogP contribution in [0.4, 0.5) is 18.9 Å². The smallest absolute Gasteiger partial charge is 0.326 e. The molecule has 1 fully saturated rings. The van der Waals surface area contributed by atoms with Gasteiger partial charge in [0.1, 0.15) is 0 Å². The van der Waals surface area contributed by atoms with Crippen LogP contribution in [0.2, 0.25) is 0 Å². The highest BCUT2D eigenvalue weighted by atomic mass is 19.4. The van der Waals surface area contributed by atoms with E-state index in [0.717, 1.165) is 25.0 Å². The number of alkyl halides is 3. The summed E-state index contributed by atoms with van der Waals surface area (Å²) in [6.07, 6.45) is -1.71. The first-order valence-electron chi connectivity index (χ1n) is 6.76. The fourth-order valence-electron chi connectivity index (χ4n) is 2.53. The number of nitrogens with one attached hydrogen (secondary N) is 1. The molecule has 0 unspecified atom stereocenters. The van der Waals surface area contributed by atoms with E-state index >= 15 is 0 Å². The van der Waals surface area contributed by atoms with Gasteiger partial charge in [0.25, 0.3) is 0 Å². The van der Waals surface area contributed by atoms with E-state index in [1.807, 2.05) is 0 Å². The molecule has 0 atom stereocenters. The molecule has 21 heavy (non-hydrogen) atoms. The van der Waals surface area contributed by atoms with E-state index in [4.69, 9.17) is 11.5 Å². The second kappa shape index (κ2) is 5.65. The van der Waals surface area contributed by atoms with Crippen LogP contribution in [-0.4, -0.2) is 11.4 Å². The second-order valence-electron chi connectivity index (χ2n) is 5.44. The molecule has 1 aromatic rings. The minimum Gasteiger partial charge on any atom is -0.326 e. The maximum absolute atomic E-state index is 12.8. The van der Waals surface area contributed by atoms with Gasteiger partial charge in [-0.15, -0.1) is 0 Å². The third-order valence-corrected chi connectivity index (χ3v) is 3.76. The Labute approximate surface area is 120 Å². The lowest BCUT2D eigenvalue weighted by Gasteiger charge is -2.23. The quantitative estimate of drug-likeness (QED) is 0.801. The molecular weight excluding hydrogens is 283 g/mol. The van der Waals surface area contributed by atoms with Crippen molar-refractivity contribution in [2.45, 2.75) is 43.9 Å². The summed E-state index contributed by atoms with van der Waals surface area (Å²) in [6, 6.07) is 3.31. The zero-order valence-electron chi connectivity index (χ0n) is 11.5. The van der Waals surface area contributed by atoms with Crippen molar-refractivity contribution in [2.24, 2.45) is 11.5 Å². The number of amides is 1. The summed E-state index contributed by atoms with van der Waals surface area (Å²) in [4.78, 5) is 12.1. The molecular formula is C14H18F3N3O. The number of nitrogens with two attached hydrogens (primary N) is 2. The Balaban J connectivity index is 2.25. The number of carbonyl (C=O) groups excluding carboxylic acids is 1. The molecule has 0 radical (unpaired) electrons. The van der Waals surface area contributed by atoms with Crippen LogP contribution < -0.4 is 16.8 Å². The monoisotopic (exact) mass is 301 g/mol. The summed E-state index contributed by atoms with van der Waals surface area (Å²) in [7, 11) is 0. The number of benzene rings is 1. The first kappa shape index (κ1) is 15.8. The summed E-state index contributed by atoms with van der Waals surface area (Å²) in [5.74, 6) is -0.442. The Morgan fingerprint density at radius 2 is 1.86 bits per heavy atom. The van der Waals surface area contributed by atoms with Crippen molar-refractivity contribution in [2.75, 3.05) is 5.32 Å². The maximum Gasteiger partial charge on any atom is 0.416 e. The molecule has 7 heteroatoms. The average molecular weight is 301 g/mol. The molecule has 1 amide bonds. The summed E-state index contributed by atoms with van der Waals surface area (Å²) in [5.41, 5.74) is 9.95. The van der Waals surface area contributed by atoms with Gasteiger partial charge in [0, 0.05) is 12.2 Å². The first-order chi connectivity index (χ1) is 9.74. The van der Waals surface area contributed by atoms with Crippen LogP contribution in [-0.2, 0) is 17.5 Å². The summed E-state index contributed by atoms with van der Waals surface area (Å²) in [5, 5.41) is 2.49. The number of halogens is 3. The van der Waals surface area contributed by atoms with E-state index in [0.29, 0.717) is 18.4 Å². The Hall–Kier alpha value is -1.60. The van der Waals surface area contributed by atoms with Gasteiger partial charge >= 0.3 is 6.18 Å². The van der Waals surface area contributed by atoms with Crippen LogP contribution in [0.15, 0.2) is 18.2 Å². The van der Waals surface area contributed by atoms with Gasteiger partial charge < -0.3 is 16.8 Å². The highest BCUT2D eigenvalue weighted by Gasteiger charge is 2.37. The number of carbonyl (C=O) groups is 1. The van der Waals surface area contributed by atoms with Gasteiger partial charge in [-0.3, -0.25) is 4.79 Å². The summed E-state index contributed by atoms with van der Waals surface area (Å²) >= 11 is 0. The minimum absolute atomic E-state index is 0.0411. The SMILES string of the molecule is NCc1cc(NC(=O)C2(N)CCCC2)cc(C(F)(F)F)c1. The van der Waals surface area contributed by atoms with Crippen molar-refractivity contribution in [3.8, 4) is 0 Å². The van der Waals surface area contributed by atoms with Crippen LogP contribution >= 0.6 is 0 Å². The lowest BCUT2D eigenvalue weighted by Crippen LogP contribution is -2.48. The molecule has 1 aromatic carbocycles. The Morgan fingerprint density at radius 3 is 2.38 bits per heavy atom. The van der Waals surface area contributed by atoms with Gasteiger partial charge in [-0.1, -0.05) is 12.8 Å². The van der Waals surface area contributed by atoms with Crippen LogP contribution in [0.1, 0.15) is 36.8 Å². The normalized spacial score (nSPS) is 17.8. The standard InChI is InChI=1S/C14H18F3N3O/c15-14(16,17)10-5-9(8-18)6-11(7-10)20-12(21)13(19)3-1-2-4-13/h5-7H,1-4,8,18-19H2,(H,20,21). The molecule has 0 aliphatic heterocycles. The summed E-state index contributed by atoms with van der Waals surface area (Å²) in [6.45, 7) is -0.0411. The zero-order valence-corrected chi connectivity index (χ0v) is 11.5. The lowest BCUT2D eigenvalue weighted by molar-refractivity contribution is -0.137. The van der Waals surface area contributed by atoms with Crippen LogP contribution in [0, 0.1) is 0 Å². The van der Waals surface area contributed by atoms with E-state index in [1.165, 1.54) is 6.07 Å². The molecule has 0 bridgehead atoms.